The number of esters is 1. The Morgan fingerprint density at radius 3 is 2.72 bits per heavy atom. The highest BCUT2D eigenvalue weighted by Gasteiger charge is 2.18. The number of halogens is 2. The summed E-state index contributed by atoms with van der Waals surface area (Å²) < 4.78 is 4.29. The molecule has 1 aromatic rings. The van der Waals surface area contributed by atoms with Crippen LogP contribution in [0, 0.1) is 0 Å². The van der Waals surface area contributed by atoms with E-state index in [0.29, 0.717) is 0 Å². The quantitative estimate of drug-likeness (QED) is 0.628. The number of amides is 1. The van der Waals surface area contributed by atoms with Crippen molar-refractivity contribution in [1.29, 1.82) is 0 Å². The third kappa shape index (κ3) is 3.83. The third-order valence-electron chi connectivity index (χ3n) is 1.99. The van der Waals surface area contributed by atoms with Crippen molar-refractivity contribution >= 4 is 35.1 Å². The second kappa shape index (κ2) is 6.53. The minimum absolute atomic E-state index is 0.0624. The number of aromatic nitrogens is 1. The second-order valence-electron chi connectivity index (χ2n) is 3.22. The molecule has 0 saturated heterocycles. The molecule has 0 bridgehead atoms. The second-order valence-corrected chi connectivity index (χ2v) is 3.97. The summed E-state index contributed by atoms with van der Waals surface area (Å²) in [5.41, 5.74) is 0.0955. The fourth-order valence-corrected chi connectivity index (χ4v) is 1.52. The van der Waals surface area contributed by atoms with Crippen LogP contribution in [0.4, 0.5) is 0 Å². The fraction of sp³-hybridized carbons (Fsp3) is 0.300. The normalized spacial score (nSPS) is 11.8. The van der Waals surface area contributed by atoms with Crippen LogP contribution in [0.25, 0.3) is 0 Å². The zero-order valence-corrected chi connectivity index (χ0v) is 10.8. The number of carbonyl (C=O) groups is 2. The molecule has 0 radical (unpaired) electrons. The van der Waals surface area contributed by atoms with E-state index >= 15 is 0 Å². The zero-order valence-electron chi connectivity index (χ0n) is 9.31. The Morgan fingerprint density at radius 2 is 2.17 bits per heavy atom. The Morgan fingerprint density at radius 1 is 1.50 bits per heavy atom. The van der Waals surface area contributed by atoms with E-state index in [-0.39, 0.29) is 22.4 Å². The van der Waals surface area contributed by atoms with E-state index in [1.54, 1.807) is 0 Å². The highest BCUT2D eigenvalue weighted by Crippen LogP contribution is 2.16. The van der Waals surface area contributed by atoms with Gasteiger partial charge in [0, 0.05) is 0 Å². The molecule has 98 valence electrons. The number of nitrogens with zero attached hydrogens (tertiary/aromatic N) is 1. The lowest BCUT2D eigenvalue weighted by Gasteiger charge is -2.10. The molecule has 1 aromatic heterocycles. The van der Waals surface area contributed by atoms with Crippen molar-refractivity contribution in [1.82, 2.24) is 10.3 Å². The first kappa shape index (κ1) is 14.7. The maximum Gasteiger partial charge on any atom is 0.336 e. The summed E-state index contributed by atoms with van der Waals surface area (Å²) in [4.78, 5) is 26.2. The molecular weight excluding hydrogens is 283 g/mol. The summed E-state index contributed by atoms with van der Waals surface area (Å²) >= 11 is 11.3. The fourth-order valence-electron chi connectivity index (χ4n) is 1.09. The van der Waals surface area contributed by atoms with Crippen molar-refractivity contribution in [2.75, 3.05) is 13.7 Å². The Balaban J connectivity index is 2.63. The van der Waals surface area contributed by atoms with Crippen LogP contribution in [0.15, 0.2) is 12.1 Å². The molecule has 1 atom stereocenters. The highest BCUT2D eigenvalue weighted by atomic mass is 35.5. The van der Waals surface area contributed by atoms with Gasteiger partial charge in [0.25, 0.3) is 5.91 Å². The van der Waals surface area contributed by atoms with Gasteiger partial charge in [-0.05, 0) is 12.1 Å². The van der Waals surface area contributed by atoms with Crippen molar-refractivity contribution in [3.8, 4) is 0 Å². The number of carbonyl (C=O) groups excluding carboxylic acids is 2. The van der Waals surface area contributed by atoms with Crippen LogP contribution >= 0.6 is 23.2 Å². The van der Waals surface area contributed by atoms with Gasteiger partial charge in [0.15, 0.2) is 6.10 Å². The predicted molar refractivity (Wildman–Crippen MR) is 64.6 cm³/mol. The molecule has 0 aromatic carbocycles. The number of aliphatic hydroxyl groups is 1. The summed E-state index contributed by atoms with van der Waals surface area (Å²) in [6.45, 7) is -0.287. The molecule has 0 aliphatic heterocycles. The van der Waals surface area contributed by atoms with Crippen LogP contribution in [-0.4, -0.2) is 41.7 Å². The smallest absolute Gasteiger partial charge is 0.336 e. The van der Waals surface area contributed by atoms with Crippen LogP contribution in [0.3, 0.4) is 0 Å². The van der Waals surface area contributed by atoms with Gasteiger partial charge in [-0.3, -0.25) is 4.79 Å². The molecule has 1 rings (SSSR count). The summed E-state index contributed by atoms with van der Waals surface area (Å²) in [7, 11) is 1.13. The molecule has 8 heteroatoms. The average Bonchev–Trinajstić information content (AvgIpc) is 2.34. The maximum absolute atomic E-state index is 11.7. The van der Waals surface area contributed by atoms with Gasteiger partial charge in [0.2, 0.25) is 0 Å². The molecule has 2 N–H and O–H groups in total. The van der Waals surface area contributed by atoms with Gasteiger partial charge in [0.1, 0.15) is 10.3 Å². The average molecular weight is 293 g/mol. The molecule has 6 nitrogen and oxygen atoms in total. The molecule has 1 heterocycles. The van der Waals surface area contributed by atoms with Crippen molar-refractivity contribution in [2.45, 2.75) is 6.10 Å². The van der Waals surface area contributed by atoms with E-state index in [2.05, 4.69) is 15.0 Å². The molecule has 0 aliphatic carbocycles. The standard InChI is InChI=1S/C10H10Cl2N2O4/c1-18-10(17)6(15)4-13-9(16)5-2-3-7(11)14-8(5)12/h2-3,6,15H,4H2,1H3,(H,13,16). The molecule has 1 amide bonds. The summed E-state index contributed by atoms with van der Waals surface area (Å²) in [6, 6.07) is 2.79. The Labute approximate surface area is 113 Å². The van der Waals surface area contributed by atoms with Crippen LogP contribution in [0.5, 0.6) is 0 Å². The van der Waals surface area contributed by atoms with E-state index in [1.807, 2.05) is 0 Å². The SMILES string of the molecule is COC(=O)C(O)CNC(=O)c1ccc(Cl)nc1Cl. The number of methoxy groups -OCH3 is 1. The third-order valence-corrected chi connectivity index (χ3v) is 2.49. The van der Waals surface area contributed by atoms with Gasteiger partial charge in [-0.2, -0.15) is 0 Å². The number of pyridine rings is 1. The minimum Gasteiger partial charge on any atom is -0.467 e. The molecule has 0 aliphatic rings. The Hall–Kier alpha value is -1.37. The lowest BCUT2D eigenvalue weighted by Crippen LogP contribution is -2.37. The van der Waals surface area contributed by atoms with Gasteiger partial charge < -0.3 is 15.2 Å². The number of nitrogens with one attached hydrogen (secondary N) is 1. The van der Waals surface area contributed by atoms with Crippen molar-refractivity contribution in [3.05, 3.63) is 28.0 Å². The predicted octanol–water partition coefficient (Wildman–Crippen LogP) is 0.652. The van der Waals surface area contributed by atoms with Gasteiger partial charge in [-0.25, -0.2) is 9.78 Å². The van der Waals surface area contributed by atoms with Crippen molar-refractivity contribution < 1.29 is 19.4 Å². The van der Waals surface area contributed by atoms with Gasteiger partial charge in [0.05, 0.1) is 19.2 Å². The van der Waals surface area contributed by atoms with E-state index in [0.717, 1.165) is 7.11 Å². The van der Waals surface area contributed by atoms with Crippen LogP contribution in [0.2, 0.25) is 10.3 Å². The van der Waals surface area contributed by atoms with Gasteiger partial charge >= 0.3 is 5.97 Å². The molecular formula is C10H10Cl2N2O4. The number of rotatable bonds is 4. The largest absolute Gasteiger partial charge is 0.467 e. The van der Waals surface area contributed by atoms with Gasteiger partial charge in [-0.15, -0.1) is 0 Å². The number of ether oxygens (including phenoxy) is 1. The lowest BCUT2D eigenvalue weighted by molar-refractivity contribution is -0.149. The van der Waals surface area contributed by atoms with E-state index in [1.165, 1.54) is 12.1 Å². The molecule has 0 spiro atoms. The molecule has 1 unspecified atom stereocenters. The molecule has 18 heavy (non-hydrogen) atoms. The van der Waals surface area contributed by atoms with E-state index in [9.17, 15) is 14.7 Å². The first-order valence-corrected chi connectivity index (χ1v) is 5.57. The number of hydrogen-bond acceptors (Lipinski definition) is 5. The monoisotopic (exact) mass is 292 g/mol. The number of hydrogen-bond donors (Lipinski definition) is 2. The molecule has 0 saturated carbocycles. The number of aliphatic hydroxyl groups excluding tert-OH is 1. The summed E-state index contributed by atoms with van der Waals surface area (Å²) in [5.74, 6) is -1.41. The first-order chi connectivity index (χ1) is 8.45. The van der Waals surface area contributed by atoms with E-state index in [4.69, 9.17) is 23.2 Å². The zero-order chi connectivity index (χ0) is 13.7. The summed E-state index contributed by atoms with van der Waals surface area (Å²) in [5, 5.41) is 11.7. The van der Waals surface area contributed by atoms with Crippen LogP contribution in [-0.2, 0) is 9.53 Å². The molecule has 0 fully saturated rings. The van der Waals surface area contributed by atoms with Crippen molar-refractivity contribution in [3.63, 3.8) is 0 Å². The van der Waals surface area contributed by atoms with E-state index < -0.39 is 18.0 Å². The van der Waals surface area contributed by atoms with Gasteiger partial charge in [-0.1, -0.05) is 23.2 Å². The minimum atomic E-state index is -1.43. The topological polar surface area (TPSA) is 88.5 Å². The lowest BCUT2D eigenvalue weighted by atomic mass is 10.2. The first-order valence-electron chi connectivity index (χ1n) is 4.82. The highest BCUT2D eigenvalue weighted by molar-refractivity contribution is 6.34. The Kier molecular flexibility index (Phi) is 5.33. The maximum atomic E-state index is 11.7. The Bertz CT molecular complexity index is 467. The van der Waals surface area contributed by atoms with Crippen LogP contribution < -0.4 is 5.32 Å². The van der Waals surface area contributed by atoms with Crippen LogP contribution in [0.1, 0.15) is 10.4 Å². The van der Waals surface area contributed by atoms with Crippen molar-refractivity contribution in [2.24, 2.45) is 0 Å². The summed E-state index contributed by atoms with van der Waals surface area (Å²) in [6.07, 6.45) is -1.43.